The molecule has 0 radical (unpaired) electrons. The highest BCUT2D eigenvalue weighted by molar-refractivity contribution is 5.85. The quantitative estimate of drug-likeness (QED) is 0.623. The Morgan fingerprint density at radius 1 is 1.21 bits per heavy atom. The second kappa shape index (κ2) is 8.44. The van der Waals surface area contributed by atoms with Crippen LogP contribution in [0.15, 0.2) is 30.3 Å². The Labute approximate surface area is 140 Å². The molecule has 1 aliphatic heterocycles. The number of benzene rings is 1. The molecular weight excluding hydrogens is 310 g/mol. The van der Waals surface area contributed by atoms with Crippen molar-refractivity contribution in [3.63, 3.8) is 0 Å². The molecule has 24 heavy (non-hydrogen) atoms. The van der Waals surface area contributed by atoms with Crippen molar-refractivity contribution in [1.29, 1.82) is 0 Å². The van der Waals surface area contributed by atoms with Crippen LogP contribution in [-0.2, 0) is 20.8 Å². The lowest BCUT2D eigenvalue weighted by molar-refractivity contribution is -0.357. The van der Waals surface area contributed by atoms with Crippen molar-refractivity contribution in [2.45, 2.75) is 25.3 Å². The number of carbonyl (C=O) groups is 3. The molecule has 4 N–H and O–H groups in total. The maximum absolute atomic E-state index is 12.3. The van der Waals surface area contributed by atoms with E-state index in [0.717, 1.165) is 5.56 Å². The van der Waals surface area contributed by atoms with E-state index in [1.807, 2.05) is 30.3 Å². The molecule has 1 saturated heterocycles. The molecular formula is C17H23N3O4. The maximum Gasteiger partial charge on any atom is 0.277 e. The average Bonchev–Trinajstić information content (AvgIpc) is 2.61. The van der Waals surface area contributed by atoms with Gasteiger partial charge < -0.3 is 25.9 Å². The smallest absolute Gasteiger partial charge is 0.277 e. The van der Waals surface area contributed by atoms with Gasteiger partial charge in [-0.3, -0.25) is 9.59 Å². The summed E-state index contributed by atoms with van der Waals surface area (Å²) in [4.78, 5) is 36.9. The minimum absolute atomic E-state index is 0.0226. The zero-order chi connectivity index (χ0) is 17.5. The van der Waals surface area contributed by atoms with Crippen LogP contribution in [0.5, 0.6) is 0 Å². The summed E-state index contributed by atoms with van der Waals surface area (Å²) in [7, 11) is 0. The first-order chi connectivity index (χ1) is 11.5. The van der Waals surface area contributed by atoms with E-state index in [9.17, 15) is 19.5 Å². The van der Waals surface area contributed by atoms with E-state index in [2.05, 4.69) is 11.1 Å². The molecule has 1 fully saturated rings. The Hall–Kier alpha value is -2.41. The summed E-state index contributed by atoms with van der Waals surface area (Å²) in [5.74, 6) is -1.89. The zero-order valence-corrected chi connectivity index (χ0v) is 13.6. The van der Waals surface area contributed by atoms with Crippen LogP contribution < -0.4 is 16.2 Å². The van der Waals surface area contributed by atoms with Crippen LogP contribution in [0.25, 0.3) is 0 Å². The topological polar surface area (TPSA) is 117 Å². The van der Waals surface area contributed by atoms with E-state index in [0.29, 0.717) is 25.9 Å². The van der Waals surface area contributed by atoms with Gasteiger partial charge in [-0.05, 0) is 24.8 Å². The highest BCUT2D eigenvalue weighted by atomic mass is 16.4. The van der Waals surface area contributed by atoms with E-state index in [-0.39, 0.29) is 30.7 Å². The number of nitrogens with zero attached hydrogens (tertiary/aromatic N) is 1. The number of carbonyl (C=O) groups excluding carboxylic acids is 3. The van der Waals surface area contributed by atoms with E-state index < -0.39 is 12.0 Å². The summed E-state index contributed by atoms with van der Waals surface area (Å²) in [5.41, 5.74) is 4.39. The summed E-state index contributed by atoms with van der Waals surface area (Å²) in [6.07, 6.45) is 1.25. The Morgan fingerprint density at radius 3 is 2.38 bits per heavy atom. The molecule has 2 rings (SSSR count). The van der Waals surface area contributed by atoms with Crippen molar-refractivity contribution in [2.24, 2.45) is 5.92 Å². The molecule has 1 aromatic rings. The Morgan fingerprint density at radius 2 is 1.83 bits per heavy atom. The van der Waals surface area contributed by atoms with Crippen molar-refractivity contribution < 1.29 is 25.2 Å². The fourth-order valence-corrected chi connectivity index (χ4v) is 2.88. The van der Waals surface area contributed by atoms with E-state index in [1.54, 1.807) is 4.90 Å². The molecule has 0 aliphatic carbocycles. The molecule has 0 aromatic heterocycles. The Balaban J connectivity index is 1.89. The standard InChI is InChI=1S/C17H23N3O4/c18-11-15(21)20-8-6-13(7-9-20)16(22)19-14(17(23)24)10-12-4-2-1-3-5-12/h1-5,13-14H,6-11,18H2,(H,19,22)(H,23,24)/t14-/m0/s1. The van der Waals surface area contributed by atoms with Gasteiger partial charge in [0.2, 0.25) is 5.91 Å². The fraction of sp³-hybridized carbons (Fsp3) is 0.471. The predicted molar refractivity (Wildman–Crippen MR) is 84.1 cm³/mol. The number of amides is 2. The van der Waals surface area contributed by atoms with E-state index >= 15 is 0 Å². The van der Waals surface area contributed by atoms with Gasteiger partial charge in [0.25, 0.3) is 5.91 Å². The molecule has 1 heterocycles. The van der Waals surface area contributed by atoms with Crippen molar-refractivity contribution >= 4 is 17.8 Å². The number of rotatable bonds is 6. The van der Waals surface area contributed by atoms with Gasteiger partial charge in [-0.2, -0.15) is 0 Å². The predicted octanol–water partition coefficient (Wildman–Crippen LogP) is -2.06. The number of aliphatic carboxylic acids is 1. The number of likely N-dealkylation sites (tertiary alicyclic amines) is 1. The average molecular weight is 333 g/mol. The van der Waals surface area contributed by atoms with Gasteiger partial charge in [-0.15, -0.1) is 0 Å². The lowest BCUT2D eigenvalue weighted by Gasteiger charge is -2.31. The SMILES string of the molecule is [NH3+]CC(=O)N1CCC(C(=O)N[C@@H](Cc2ccccc2)C(=O)[O-])CC1. The normalized spacial score (nSPS) is 16.5. The van der Waals surface area contributed by atoms with Gasteiger partial charge in [0, 0.05) is 19.0 Å². The molecule has 0 saturated carbocycles. The summed E-state index contributed by atoms with van der Waals surface area (Å²) in [5, 5.41) is 13.9. The summed E-state index contributed by atoms with van der Waals surface area (Å²) >= 11 is 0. The third kappa shape index (κ3) is 4.79. The van der Waals surface area contributed by atoms with Gasteiger partial charge in [0.1, 0.15) is 0 Å². The highest BCUT2D eigenvalue weighted by Gasteiger charge is 2.28. The molecule has 1 aliphatic rings. The van der Waals surface area contributed by atoms with Crippen molar-refractivity contribution in [3.8, 4) is 0 Å². The minimum atomic E-state index is -1.29. The summed E-state index contributed by atoms with van der Waals surface area (Å²) in [6.45, 7) is 1.21. The first kappa shape index (κ1) is 17.9. The first-order valence-electron chi connectivity index (χ1n) is 8.13. The van der Waals surface area contributed by atoms with E-state index in [4.69, 9.17) is 0 Å². The van der Waals surface area contributed by atoms with Crippen LogP contribution in [-0.4, -0.2) is 48.4 Å². The maximum atomic E-state index is 12.3. The molecule has 0 bridgehead atoms. The summed E-state index contributed by atoms with van der Waals surface area (Å²) < 4.78 is 0. The molecule has 1 atom stereocenters. The first-order valence-corrected chi connectivity index (χ1v) is 8.13. The lowest BCUT2D eigenvalue weighted by atomic mass is 9.95. The van der Waals surface area contributed by atoms with Crippen LogP contribution in [0, 0.1) is 5.92 Å². The van der Waals surface area contributed by atoms with Gasteiger partial charge in [-0.1, -0.05) is 30.3 Å². The number of quaternary nitrogens is 1. The number of hydrogen-bond donors (Lipinski definition) is 2. The Kier molecular flexibility index (Phi) is 6.31. The lowest BCUT2D eigenvalue weighted by Crippen LogP contribution is -2.59. The van der Waals surface area contributed by atoms with Gasteiger partial charge >= 0.3 is 0 Å². The molecule has 0 spiro atoms. The van der Waals surface area contributed by atoms with Gasteiger partial charge in [0.05, 0.1) is 12.0 Å². The molecule has 130 valence electrons. The number of hydrogen-bond acceptors (Lipinski definition) is 4. The van der Waals surface area contributed by atoms with Crippen molar-refractivity contribution in [1.82, 2.24) is 10.2 Å². The van der Waals surface area contributed by atoms with Gasteiger partial charge in [-0.25, -0.2) is 0 Å². The van der Waals surface area contributed by atoms with Gasteiger partial charge in [0.15, 0.2) is 6.54 Å². The minimum Gasteiger partial charge on any atom is -0.548 e. The van der Waals surface area contributed by atoms with Crippen molar-refractivity contribution in [3.05, 3.63) is 35.9 Å². The van der Waals surface area contributed by atoms with E-state index in [1.165, 1.54) is 0 Å². The summed E-state index contributed by atoms with van der Waals surface area (Å²) in [6, 6.07) is 8.05. The molecule has 2 amide bonds. The van der Waals surface area contributed by atoms with Crippen LogP contribution in [0.2, 0.25) is 0 Å². The third-order valence-corrected chi connectivity index (χ3v) is 4.32. The fourth-order valence-electron chi connectivity index (χ4n) is 2.88. The number of carboxylic acids is 1. The second-order valence-electron chi connectivity index (χ2n) is 5.97. The molecule has 7 nitrogen and oxygen atoms in total. The second-order valence-corrected chi connectivity index (χ2v) is 5.97. The Bertz CT molecular complexity index is 583. The highest BCUT2D eigenvalue weighted by Crippen LogP contribution is 2.17. The van der Waals surface area contributed by atoms with Crippen LogP contribution in [0.1, 0.15) is 18.4 Å². The molecule has 1 aromatic carbocycles. The molecule has 7 heteroatoms. The number of carboxylic acid groups (broad SMARTS) is 1. The third-order valence-electron chi connectivity index (χ3n) is 4.32. The van der Waals surface area contributed by atoms with Crippen molar-refractivity contribution in [2.75, 3.05) is 19.6 Å². The zero-order valence-electron chi connectivity index (χ0n) is 13.6. The van der Waals surface area contributed by atoms with Crippen LogP contribution in [0.3, 0.4) is 0 Å². The molecule has 0 unspecified atom stereocenters. The number of piperidine rings is 1. The van der Waals surface area contributed by atoms with Crippen LogP contribution in [0.4, 0.5) is 0 Å². The van der Waals surface area contributed by atoms with Crippen LogP contribution >= 0.6 is 0 Å². The number of nitrogens with one attached hydrogen (secondary N) is 1. The monoisotopic (exact) mass is 333 g/mol. The largest absolute Gasteiger partial charge is 0.548 e.